The highest BCUT2D eigenvalue weighted by atomic mass is 16.6. The number of hydrogen-bond acceptors (Lipinski definition) is 6. The summed E-state index contributed by atoms with van der Waals surface area (Å²) in [6.45, 7) is 1.07. The van der Waals surface area contributed by atoms with Crippen molar-refractivity contribution in [3.63, 3.8) is 0 Å². The summed E-state index contributed by atoms with van der Waals surface area (Å²) in [6.07, 6.45) is 4.28. The number of methoxy groups -OCH3 is 2. The van der Waals surface area contributed by atoms with Gasteiger partial charge < -0.3 is 14.8 Å². The van der Waals surface area contributed by atoms with E-state index in [4.69, 9.17) is 9.47 Å². The number of amides is 1. The zero-order valence-corrected chi connectivity index (χ0v) is 17.3. The Kier molecular flexibility index (Phi) is 7.24. The first-order chi connectivity index (χ1) is 14.5. The average molecular weight is 413 g/mol. The summed E-state index contributed by atoms with van der Waals surface area (Å²) in [6, 6.07) is 12.3. The van der Waals surface area contributed by atoms with Crippen molar-refractivity contribution in [1.82, 2.24) is 4.90 Å². The topological polar surface area (TPSA) is 93.9 Å². The van der Waals surface area contributed by atoms with Crippen LogP contribution in [0, 0.1) is 10.1 Å². The molecule has 30 heavy (non-hydrogen) atoms. The average Bonchev–Trinajstić information content (AvgIpc) is 2.99. The summed E-state index contributed by atoms with van der Waals surface area (Å²) in [7, 11) is 3.06. The molecule has 1 aliphatic heterocycles. The van der Waals surface area contributed by atoms with E-state index < -0.39 is 4.92 Å². The number of non-ortho nitro benzene ring substituents is 1. The third-order valence-corrected chi connectivity index (χ3v) is 5.38. The number of nitro groups is 1. The van der Waals surface area contributed by atoms with Crippen LogP contribution in [0.4, 0.5) is 11.4 Å². The molecule has 0 bridgehead atoms. The van der Waals surface area contributed by atoms with E-state index >= 15 is 0 Å². The number of likely N-dealkylation sites (tertiary alicyclic amines) is 1. The smallest absolute Gasteiger partial charge is 0.273 e. The van der Waals surface area contributed by atoms with Gasteiger partial charge in [-0.05, 0) is 43.1 Å². The highest BCUT2D eigenvalue weighted by Crippen LogP contribution is 2.32. The second-order valence-electron chi connectivity index (χ2n) is 7.30. The number of nitrogens with one attached hydrogen (secondary N) is 1. The summed E-state index contributed by atoms with van der Waals surface area (Å²) in [4.78, 5) is 25.5. The first kappa shape index (κ1) is 21.6. The maximum absolute atomic E-state index is 12.8. The van der Waals surface area contributed by atoms with Crippen LogP contribution in [0.2, 0.25) is 0 Å². The van der Waals surface area contributed by atoms with Crippen LogP contribution in [-0.4, -0.2) is 43.0 Å². The predicted octanol–water partition coefficient (Wildman–Crippen LogP) is 4.17. The highest BCUT2D eigenvalue weighted by molar-refractivity contribution is 5.94. The summed E-state index contributed by atoms with van der Waals surface area (Å²) in [5, 5.41) is 13.8. The van der Waals surface area contributed by atoms with E-state index in [0.29, 0.717) is 5.69 Å². The molecule has 0 aromatic heterocycles. The third kappa shape index (κ3) is 5.27. The molecule has 1 fully saturated rings. The van der Waals surface area contributed by atoms with Crippen molar-refractivity contribution in [3.05, 3.63) is 58.1 Å². The van der Waals surface area contributed by atoms with Gasteiger partial charge >= 0.3 is 0 Å². The van der Waals surface area contributed by atoms with Gasteiger partial charge in [-0.15, -0.1) is 0 Å². The first-order valence-corrected chi connectivity index (χ1v) is 10.0. The second-order valence-corrected chi connectivity index (χ2v) is 7.30. The van der Waals surface area contributed by atoms with Crippen LogP contribution in [0.3, 0.4) is 0 Å². The van der Waals surface area contributed by atoms with Crippen LogP contribution in [0.15, 0.2) is 42.5 Å². The van der Waals surface area contributed by atoms with Crippen molar-refractivity contribution < 1.29 is 19.2 Å². The molecule has 8 heteroatoms. The Balaban J connectivity index is 1.73. The molecular weight excluding hydrogens is 386 g/mol. The summed E-state index contributed by atoms with van der Waals surface area (Å²) < 4.78 is 10.5. The molecular formula is C22H27N3O5. The Morgan fingerprint density at radius 2 is 1.90 bits per heavy atom. The first-order valence-electron chi connectivity index (χ1n) is 10.0. The Labute approximate surface area is 175 Å². The zero-order chi connectivity index (χ0) is 21.5. The molecule has 0 unspecified atom stereocenters. The zero-order valence-electron chi connectivity index (χ0n) is 17.3. The maximum Gasteiger partial charge on any atom is 0.273 e. The minimum absolute atomic E-state index is 0.0862. The molecule has 3 rings (SSSR count). The van der Waals surface area contributed by atoms with E-state index in [-0.39, 0.29) is 29.9 Å². The summed E-state index contributed by atoms with van der Waals surface area (Å²) in [5.41, 5.74) is 1.50. The van der Waals surface area contributed by atoms with Gasteiger partial charge in [0.05, 0.1) is 37.4 Å². The Morgan fingerprint density at radius 3 is 2.57 bits per heavy atom. The van der Waals surface area contributed by atoms with E-state index in [0.717, 1.165) is 38.0 Å². The molecule has 1 aliphatic rings. The predicted molar refractivity (Wildman–Crippen MR) is 114 cm³/mol. The van der Waals surface area contributed by atoms with Gasteiger partial charge in [0.15, 0.2) is 0 Å². The number of ether oxygens (including phenoxy) is 2. The van der Waals surface area contributed by atoms with Crippen molar-refractivity contribution in [1.29, 1.82) is 0 Å². The number of nitrogens with zero attached hydrogens (tertiary/aromatic N) is 2. The number of nitro benzene ring substituents is 1. The molecule has 0 saturated carbocycles. The summed E-state index contributed by atoms with van der Waals surface area (Å²) in [5.74, 6) is 0.893. The standard InChI is InChI=1S/C22H27N3O5/c1-29-18-10-7-16(8-11-18)20-6-4-3-5-13-24(20)15-22(26)23-19-12-9-17(25(27)28)14-21(19)30-2/h7-12,14,20H,3-6,13,15H2,1-2H3,(H,23,26)/t20-/m1/s1. The normalized spacial score (nSPS) is 17.1. The van der Waals surface area contributed by atoms with Crippen LogP contribution in [0.25, 0.3) is 0 Å². The Bertz CT molecular complexity index is 885. The lowest BCUT2D eigenvalue weighted by atomic mass is 10.0. The molecule has 0 spiro atoms. The lowest BCUT2D eigenvalue weighted by Gasteiger charge is -2.30. The van der Waals surface area contributed by atoms with Gasteiger partial charge in [0.25, 0.3) is 5.69 Å². The van der Waals surface area contributed by atoms with Gasteiger partial charge in [-0.2, -0.15) is 0 Å². The van der Waals surface area contributed by atoms with E-state index in [1.165, 1.54) is 30.9 Å². The van der Waals surface area contributed by atoms with Crippen molar-refractivity contribution in [2.24, 2.45) is 0 Å². The largest absolute Gasteiger partial charge is 0.497 e. The number of rotatable bonds is 7. The van der Waals surface area contributed by atoms with E-state index in [1.54, 1.807) is 7.11 Å². The van der Waals surface area contributed by atoms with E-state index in [9.17, 15) is 14.9 Å². The van der Waals surface area contributed by atoms with Crippen LogP contribution < -0.4 is 14.8 Å². The Morgan fingerprint density at radius 1 is 1.13 bits per heavy atom. The van der Waals surface area contributed by atoms with Crippen molar-refractivity contribution >= 4 is 17.3 Å². The lowest BCUT2D eigenvalue weighted by Crippen LogP contribution is -2.36. The van der Waals surface area contributed by atoms with Gasteiger partial charge in [0.2, 0.25) is 5.91 Å². The van der Waals surface area contributed by atoms with E-state index in [2.05, 4.69) is 22.3 Å². The summed E-state index contributed by atoms with van der Waals surface area (Å²) >= 11 is 0. The van der Waals surface area contributed by atoms with Crippen LogP contribution >= 0.6 is 0 Å². The van der Waals surface area contributed by atoms with Crippen molar-refractivity contribution in [3.8, 4) is 11.5 Å². The molecule has 8 nitrogen and oxygen atoms in total. The van der Waals surface area contributed by atoms with E-state index in [1.807, 2.05) is 12.1 Å². The monoisotopic (exact) mass is 413 g/mol. The van der Waals surface area contributed by atoms with Gasteiger partial charge in [0.1, 0.15) is 11.5 Å². The fourth-order valence-corrected chi connectivity index (χ4v) is 3.83. The molecule has 1 atom stereocenters. The maximum atomic E-state index is 12.8. The van der Waals surface area contributed by atoms with Crippen LogP contribution in [0.1, 0.15) is 37.3 Å². The molecule has 1 N–H and O–H groups in total. The fourth-order valence-electron chi connectivity index (χ4n) is 3.83. The molecule has 160 valence electrons. The van der Waals surface area contributed by atoms with Crippen LogP contribution in [0.5, 0.6) is 11.5 Å². The van der Waals surface area contributed by atoms with Gasteiger partial charge in [-0.25, -0.2) is 0 Å². The van der Waals surface area contributed by atoms with Gasteiger partial charge in [0, 0.05) is 12.1 Å². The minimum atomic E-state index is -0.495. The number of carbonyl (C=O) groups is 1. The Hall–Kier alpha value is -3.13. The molecule has 1 amide bonds. The molecule has 1 saturated heterocycles. The minimum Gasteiger partial charge on any atom is -0.497 e. The number of benzene rings is 2. The van der Waals surface area contributed by atoms with Crippen molar-refractivity contribution in [2.45, 2.75) is 31.7 Å². The third-order valence-electron chi connectivity index (χ3n) is 5.38. The molecule has 2 aromatic carbocycles. The second kappa shape index (κ2) is 10.1. The molecule has 2 aromatic rings. The van der Waals surface area contributed by atoms with Gasteiger partial charge in [-0.3, -0.25) is 19.8 Å². The molecule has 0 radical (unpaired) electrons. The number of hydrogen-bond donors (Lipinski definition) is 1. The van der Waals surface area contributed by atoms with Crippen LogP contribution in [-0.2, 0) is 4.79 Å². The van der Waals surface area contributed by atoms with Gasteiger partial charge in [-0.1, -0.05) is 25.0 Å². The quantitative estimate of drug-likeness (QED) is 0.541. The number of carbonyl (C=O) groups excluding carboxylic acids is 1. The molecule has 0 aliphatic carbocycles. The SMILES string of the molecule is COc1ccc([C@H]2CCCCCN2CC(=O)Nc2ccc([N+](=O)[O-])cc2OC)cc1. The van der Waals surface area contributed by atoms with Crippen molar-refractivity contribution in [2.75, 3.05) is 32.6 Å². The lowest BCUT2D eigenvalue weighted by molar-refractivity contribution is -0.384. The number of anilines is 1. The molecule has 1 heterocycles. The fraction of sp³-hybridized carbons (Fsp3) is 0.409. The highest BCUT2D eigenvalue weighted by Gasteiger charge is 2.25.